The van der Waals surface area contributed by atoms with Crippen LogP contribution in [-0.4, -0.2) is 5.97 Å². The van der Waals surface area contributed by atoms with Crippen LogP contribution in [-0.2, 0) is 11.4 Å². The van der Waals surface area contributed by atoms with Crippen LogP contribution in [0.4, 0.5) is 0 Å². The van der Waals surface area contributed by atoms with E-state index in [1.54, 1.807) is 0 Å². The zero-order valence-corrected chi connectivity index (χ0v) is 15.9. The number of hydrogen-bond acceptors (Lipinski definition) is 3. The SMILES string of the molecule is CC(=O)Oc1ccc(I)cc1-c1ccccc1OCc1ccccc1. The van der Waals surface area contributed by atoms with Crippen molar-refractivity contribution in [3.63, 3.8) is 0 Å². The van der Waals surface area contributed by atoms with Crippen LogP contribution in [0, 0.1) is 3.57 Å². The molecule has 0 atom stereocenters. The summed E-state index contributed by atoms with van der Waals surface area (Å²) in [4.78, 5) is 11.4. The Kier molecular flexibility index (Phi) is 5.71. The molecule has 0 aliphatic rings. The molecule has 0 unspecified atom stereocenters. The summed E-state index contributed by atoms with van der Waals surface area (Å²) in [5.41, 5.74) is 2.83. The van der Waals surface area contributed by atoms with E-state index in [1.807, 2.05) is 72.8 Å². The van der Waals surface area contributed by atoms with E-state index in [0.29, 0.717) is 12.4 Å². The molecule has 0 aliphatic carbocycles. The maximum Gasteiger partial charge on any atom is 0.308 e. The normalized spacial score (nSPS) is 10.3. The highest BCUT2D eigenvalue weighted by Gasteiger charge is 2.13. The molecule has 0 aromatic heterocycles. The van der Waals surface area contributed by atoms with Crippen LogP contribution in [0.5, 0.6) is 11.5 Å². The zero-order valence-electron chi connectivity index (χ0n) is 13.7. The Morgan fingerprint density at radius 2 is 1.60 bits per heavy atom. The summed E-state index contributed by atoms with van der Waals surface area (Å²) in [7, 11) is 0. The molecule has 0 saturated heterocycles. The molecule has 0 amide bonds. The van der Waals surface area contributed by atoms with Crippen molar-refractivity contribution in [2.45, 2.75) is 13.5 Å². The van der Waals surface area contributed by atoms with Crippen molar-refractivity contribution < 1.29 is 14.3 Å². The quantitative estimate of drug-likeness (QED) is 0.298. The maximum atomic E-state index is 11.4. The van der Waals surface area contributed by atoms with E-state index >= 15 is 0 Å². The lowest BCUT2D eigenvalue weighted by molar-refractivity contribution is -0.131. The molecule has 0 N–H and O–H groups in total. The molecule has 0 fully saturated rings. The lowest BCUT2D eigenvalue weighted by Gasteiger charge is -2.15. The van der Waals surface area contributed by atoms with Crippen molar-refractivity contribution in [2.75, 3.05) is 0 Å². The highest BCUT2D eigenvalue weighted by atomic mass is 127. The van der Waals surface area contributed by atoms with Crippen molar-refractivity contribution in [1.29, 1.82) is 0 Å². The third-order valence-corrected chi connectivity index (χ3v) is 4.28. The second-order valence-corrected chi connectivity index (χ2v) is 6.75. The number of carbonyl (C=O) groups excluding carboxylic acids is 1. The molecule has 0 spiro atoms. The molecule has 3 aromatic rings. The largest absolute Gasteiger partial charge is 0.488 e. The molecule has 3 nitrogen and oxygen atoms in total. The number of ether oxygens (including phenoxy) is 2. The van der Waals surface area contributed by atoms with Gasteiger partial charge >= 0.3 is 5.97 Å². The topological polar surface area (TPSA) is 35.5 Å². The van der Waals surface area contributed by atoms with Gasteiger partial charge in [0, 0.05) is 21.6 Å². The first-order valence-corrected chi connectivity index (χ1v) is 8.95. The fourth-order valence-corrected chi connectivity index (χ4v) is 3.00. The van der Waals surface area contributed by atoms with Crippen LogP contribution < -0.4 is 9.47 Å². The van der Waals surface area contributed by atoms with Gasteiger partial charge in [-0.1, -0.05) is 48.5 Å². The lowest BCUT2D eigenvalue weighted by atomic mass is 10.0. The Hall–Kier alpha value is -2.34. The van der Waals surface area contributed by atoms with Gasteiger partial charge in [0.05, 0.1) is 0 Å². The molecule has 0 aliphatic heterocycles. The van der Waals surface area contributed by atoms with E-state index < -0.39 is 0 Å². The van der Waals surface area contributed by atoms with Crippen LogP contribution >= 0.6 is 22.6 Å². The van der Waals surface area contributed by atoms with Crippen LogP contribution in [0.15, 0.2) is 72.8 Å². The fourth-order valence-electron chi connectivity index (χ4n) is 2.51. The van der Waals surface area contributed by atoms with E-state index in [2.05, 4.69) is 22.6 Å². The van der Waals surface area contributed by atoms with Gasteiger partial charge in [0.15, 0.2) is 0 Å². The number of rotatable bonds is 5. The second kappa shape index (κ2) is 8.16. The molecule has 25 heavy (non-hydrogen) atoms. The van der Waals surface area contributed by atoms with Gasteiger partial charge in [-0.15, -0.1) is 0 Å². The van der Waals surface area contributed by atoms with E-state index in [-0.39, 0.29) is 5.97 Å². The summed E-state index contributed by atoms with van der Waals surface area (Å²) in [6.07, 6.45) is 0. The molecule has 3 aromatic carbocycles. The van der Waals surface area contributed by atoms with Crippen molar-refractivity contribution in [1.82, 2.24) is 0 Å². The standard InChI is InChI=1S/C21H17IO3/c1-15(23)25-21-12-11-17(22)13-19(21)18-9-5-6-10-20(18)24-14-16-7-3-2-4-8-16/h2-13H,14H2,1H3. The summed E-state index contributed by atoms with van der Waals surface area (Å²) < 4.78 is 12.5. The van der Waals surface area contributed by atoms with Crippen molar-refractivity contribution in [3.8, 4) is 22.6 Å². The Bertz CT molecular complexity index is 875. The molecule has 0 bridgehead atoms. The van der Waals surface area contributed by atoms with Gasteiger partial charge in [-0.05, 0) is 52.4 Å². The molecular weight excluding hydrogens is 427 g/mol. The third-order valence-electron chi connectivity index (χ3n) is 3.61. The van der Waals surface area contributed by atoms with Gasteiger partial charge in [-0.2, -0.15) is 0 Å². The predicted octanol–water partition coefficient (Wildman–Crippen LogP) is 5.46. The Balaban J connectivity index is 1.95. The monoisotopic (exact) mass is 444 g/mol. The highest BCUT2D eigenvalue weighted by molar-refractivity contribution is 14.1. The van der Waals surface area contributed by atoms with Gasteiger partial charge in [0.25, 0.3) is 0 Å². The molecule has 0 heterocycles. The predicted molar refractivity (Wildman–Crippen MR) is 107 cm³/mol. The summed E-state index contributed by atoms with van der Waals surface area (Å²) >= 11 is 2.24. The molecule has 0 radical (unpaired) electrons. The number of hydrogen-bond donors (Lipinski definition) is 0. The minimum atomic E-state index is -0.342. The van der Waals surface area contributed by atoms with E-state index in [4.69, 9.17) is 9.47 Å². The first-order valence-electron chi connectivity index (χ1n) is 7.87. The van der Waals surface area contributed by atoms with Crippen molar-refractivity contribution >= 4 is 28.6 Å². The first-order chi connectivity index (χ1) is 12.1. The van der Waals surface area contributed by atoms with E-state index in [9.17, 15) is 4.79 Å². The van der Waals surface area contributed by atoms with Gasteiger partial charge in [0.2, 0.25) is 0 Å². The van der Waals surface area contributed by atoms with Crippen LogP contribution in [0.25, 0.3) is 11.1 Å². The van der Waals surface area contributed by atoms with Gasteiger partial charge in [0.1, 0.15) is 18.1 Å². The summed E-state index contributed by atoms with van der Waals surface area (Å²) in [6, 6.07) is 23.5. The molecule has 3 rings (SSSR count). The first kappa shape index (κ1) is 17.5. The summed E-state index contributed by atoms with van der Waals surface area (Å²) in [5, 5.41) is 0. The number of halogens is 1. The van der Waals surface area contributed by atoms with Gasteiger partial charge in [-0.25, -0.2) is 0 Å². The number of esters is 1. The average molecular weight is 444 g/mol. The van der Waals surface area contributed by atoms with Crippen molar-refractivity contribution in [2.24, 2.45) is 0 Å². The fraction of sp³-hybridized carbons (Fsp3) is 0.0952. The molecule has 4 heteroatoms. The van der Waals surface area contributed by atoms with Gasteiger partial charge < -0.3 is 9.47 Å². The van der Waals surface area contributed by atoms with E-state index in [0.717, 1.165) is 26.0 Å². The average Bonchev–Trinajstić information content (AvgIpc) is 2.62. The Morgan fingerprint density at radius 3 is 2.36 bits per heavy atom. The smallest absolute Gasteiger partial charge is 0.308 e. The molecular formula is C21H17IO3. The molecule has 0 saturated carbocycles. The Labute approximate surface area is 160 Å². The van der Waals surface area contributed by atoms with Crippen LogP contribution in [0.1, 0.15) is 12.5 Å². The third kappa shape index (κ3) is 4.60. The number of carbonyl (C=O) groups is 1. The second-order valence-electron chi connectivity index (χ2n) is 5.50. The molecule has 126 valence electrons. The summed E-state index contributed by atoms with van der Waals surface area (Å²) in [6.45, 7) is 1.88. The minimum absolute atomic E-state index is 0.342. The lowest BCUT2D eigenvalue weighted by Crippen LogP contribution is -2.03. The number of para-hydroxylation sites is 1. The Morgan fingerprint density at radius 1 is 0.880 bits per heavy atom. The maximum absolute atomic E-state index is 11.4. The summed E-state index contributed by atoms with van der Waals surface area (Å²) in [5.74, 6) is 0.940. The van der Waals surface area contributed by atoms with E-state index in [1.165, 1.54) is 6.92 Å². The zero-order chi connectivity index (χ0) is 17.6. The van der Waals surface area contributed by atoms with Crippen LogP contribution in [0.2, 0.25) is 0 Å². The minimum Gasteiger partial charge on any atom is -0.488 e. The number of benzene rings is 3. The van der Waals surface area contributed by atoms with Crippen LogP contribution in [0.3, 0.4) is 0 Å². The van der Waals surface area contributed by atoms with Crippen molar-refractivity contribution in [3.05, 3.63) is 81.9 Å². The highest BCUT2D eigenvalue weighted by Crippen LogP contribution is 2.37. The van der Waals surface area contributed by atoms with Gasteiger partial charge in [-0.3, -0.25) is 4.79 Å².